The molecule has 0 aromatic heterocycles. The Labute approximate surface area is 96.5 Å². The maximum Gasteiger partial charge on any atom is 0.170 e. The van der Waals surface area contributed by atoms with Crippen molar-refractivity contribution in [2.24, 2.45) is 0 Å². The molecule has 0 saturated heterocycles. The van der Waals surface area contributed by atoms with Crippen molar-refractivity contribution < 1.29 is 10.2 Å². The van der Waals surface area contributed by atoms with Crippen LogP contribution < -0.4 is 5.73 Å². The van der Waals surface area contributed by atoms with Crippen molar-refractivity contribution in [2.75, 3.05) is 5.73 Å². The lowest BCUT2D eigenvalue weighted by molar-refractivity contribution is 0.0528. The maximum atomic E-state index is 9.50. The van der Waals surface area contributed by atoms with Crippen LogP contribution in [0, 0.1) is 11.3 Å². The van der Waals surface area contributed by atoms with Gasteiger partial charge in [0.15, 0.2) is 6.10 Å². The van der Waals surface area contributed by atoms with Gasteiger partial charge in [0.05, 0.1) is 21.8 Å². The van der Waals surface area contributed by atoms with Crippen molar-refractivity contribution >= 4 is 28.9 Å². The Morgan fingerprint density at radius 1 is 1.27 bits per heavy atom. The molecule has 0 amide bonds. The van der Waals surface area contributed by atoms with Crippen LogP contribution in [0.2, 0.25) is 10.0 Å². The highest BCUT2D eigenvalue weighted by atomic mass is 35.5. The highest BCUT2D eigenvalue weighted by Crippen LogP contribution is 2.31. The van der Waals surface area contributed by atoms with E-state index < -0.39 is 12.2 Å². The van der Waals surface area contributed by atoms with E-state index in [0.717, 1.165) is 0 Å². The van der Waals surface area contributed by atoms with Crippen LogP contribution in [-0.2, 0) is 0 Å². The van der Waals surface area contributed by atoms with Gasteiger partial charge in [-0.2, -0.15) is 5.26 Å². The Morgan fingerprint density at radius 2 is 1.73 bits per heavy atom. The van der Waals surface area contributed by atoms with Crippen molar-refractivity contribution in [1.82, 2.24) is 0 Å². The van der Waals surface area contributed by atoms with E-state index in [0.29, 0.717) is 0 Å². The van der Waals surface area contributed by atoms with Gasteiger partial charge in [-0.15, -0.1) is 0 Å². The molecule has 1 rings (SSSR count). The third-order valence-corrected chi connectivity index (χ3v) is 2.50. The van der Waals surface area contributed by atoms with Gasteiger partial charge in [0.2, 0.25) is 0 Å². The molecule has 4 nitrogen and oxygen atoms in total. The van der Waals surface area contributed by atoms with Crippen LogP contribution >= 0.6 is 23.2 Å². The number of anilines is 1. The van der Waals surface area contributed by atoms with Crippen molar-refractivity contribution in [3.05, 3.63) is 27.7 Å². The molecule has 0 heterocycles. The molecule has 0 radical (unpaired) electrons. The fourth-order valence-corrected chi connectivity index (χ4v) is 1.53. The van der Waals surface area contributed by atoms with Gasteiger partial charge in [-0.05, 0) is 17.7 Å². The molecule has 15 heavy (non-hydrogen) atoms. The standard InChI is InChI=1S/C9H8Cl2N2O2/c10-5-1-4(2-6(11)8(5)13)9(15)7(14)3-12/h1-2,7,9,14-15H,13H2. The van der Waals surface area contributed by atoms with Crippen LogP contribution in [0.5, 0.6) is 0 Å². The molecule has 0 spiro atoms. The van der Waals surface area contributed by atoms with Crippen LogP contribution in [0.1, 0.15) is 11.7 Å². The topological polar surface area (TPSA) is 90.3 Å². The van der Waals surface area contributed by atoms with Gasteiger partial charge in [-0.1, -0.05) is 23.2 Å². The average Bonchev–Trinajstić information content (AvgIpc) is 2.23. The Balaban J connectivity index is 3.12. The molecule has 0 fully saturated rings. The second-order valence-corrected chi connectivity index (χ2v) is 3.73. The molecular formula is C9H8Cl2N2O2. The first-order chi connectivity index (χ1) is 6.97. The zero-order valence-electron chi connectivity index (χ0n) is 7.48. The lowest BCUT2D eigenvalue weighted by Crippen LogP contribution is -2.15. The molecule has 0 bridgehead atoms. The third kappa shape index (κ3) is 2.52. The molecule has 6 heteroatoms. The molecule has 2 atom stereocenters. The summed E-state index contributed by atoms with van der Waals surface area (Å²) in [5.41, 5.74) is 5.93. The summed E-state index contributed by atoms with van der Waals surface area (Å²) in [6.07, 6.45) is -2.88. The molecule has 4 N–H and O–H groups in total. The van der Waals surface area contributed by atoms with Crippen LogP contribution in [0.3, 0.4) is 0 Å². The van der Waals surface area contributed by atoms with Gasteiger partial charge >= 0.3 is 0 Å². The number of aliphatic hydroxyl groups excluding tert-OH is 2. The predicted molar refractivity (Wildman–Crippen MR) is 57.5 cm³/mol. The Bertz CT molecular complexity index is 394. The number of hydrogen-bond donors (Lipinski definition) is 3. The first-order valence-electron chi connectivity index (χ1n) is 3.97. The minimum atomic E-state index is -1.53. The number of nitrogens with two attached hydrogens (primary N) is 1. The Morgan fingerprint density at radius 3 is 2.13 bits per heavy atom. The van der Waals surface area contributed by atoms with E-state index in [1.165, 1.54) is 18.2 Å². The fraction of sp³-hybridized carbons (Fsp3) is 0.222. The first kappa shape index (κ1) is 12.1. The van der Waals surface area contributed by atoms with E-state index in [9.17, 15) is 5.11 Å². The summed E-state index contributed by atoms with van der Waals surface area (Å²) in [4.78, 5) is 0. The number of benzene rings is 1. The lowest BCUT2D eigenvalue weighted by Gasteiger charge is -2.13. The molecular weight excluding hydrogens is 239 g/mol. The largest absolute Gasteiger partial charge is 0.396 e. The quantitative estimate of drug-likeness (QED) is 0.545. The maximum absolute atomic E-state index is 9.50. The van der Waals surface area contributed by atoms with Crippen LogP contribution in [0.25, 0.3) is 0 Å². The average molecular weight is 247 g/mol. The predicted octanol–water partition coefficient (Wildman–Crippen LogP) is 1.49. The van der Waals surface area contributed by atoms with E-state index in [-0.39, 0.29) is 21.3 Å². The minimum absolute atomic E-state index is 0.168. The SMILES string of the molecule is N#CC(O)C(O)c1cc(Cl)c(N)c(Cl)c1. The van der Waals surface area contributed by atoms with E-state index in [1.54, 1.807) is 0 Å². The summed E-state index contributed by atoms with van der Waals surface area (Å²) in [5, 5.41) is 27.3. The highest BCUT2D eigenvalue weighted by Gasteiger charge is 2.19. The number of hydrogen-bond acceptors (Lipinski definition) is 4. The summed E-state index contributed by atoms with van der Waals surface area (Å²) >= 11 is 11.5. The van der Waals surface area contributed by atoms with E-state index >= 15 is 0 Å². The number of halogens is 2. The number of aliphatic hydroxyl groups is 2. The number of rotatable bonds is 2. The number of nitrogen functional groups attached to an aromatic ring is 1. The van der Waals surface area contributed by atoms with Crippen molar-refractivity contribution in [3.8, 4) is 6.07 Å². The summed E-state index contributed by atoms with van der Waals surface area (Å²) in [7, 11) is 0. The summed E-state index contributed by atoms with van der Waals surface area (Å²) in [5.74, 6) is 0. The Kier molecular flexibility index (Phi) is 3.77. The molecule has 1 aromatic carbocycles. The normalized spacial score (nSPS) is 14.3. The van der Waals surface area contributed by atoms with Crippen LogP contribution in [0.4, 0.5) is 5.69 Å². The molecule has 0 aliphatic carbocycles. The van der Waals surface area contributed by atoms with Gasteiger partial charge in [0.25, 0.3) is 0 Å². The third-order valence-electron chi connectivity index (χ3n) is 1.87. The molecule has 0 aliphatic heterocycles. The minimum Gasteiger partial charge on any atom is -0.396 e. The van der Waals surface area contributed by atoms with Crippen LogP contribution in [0.15, 0.2) is 12.1 Å². The van der Waals surface area contributed by atoms with Crippen molar-refractivity contribution in [2.45, 2.75) is 12.2 Å². The zero-order chi connectivity index (χ0) is 11.6. The summed E-state index contributed by atoms with van der Waals surface area (Å²) in [6, 6.07) is 4.22. The molecule has 0 saturated carbocycles. The smallest absolute Gasteiger partial charge is 0.170 e. The fourth-order valence-electron chi connectivity index (χ4n) is 1.03. The lowest BCUT2D eigenvalue weighted by atomic mass is 10.0. The molecule has 2 unspecified atom stereocenters. The second-order valence-electron chi connectivity index (χ2n) is 2.92. The Hall–Kier alpha value is -0.990. The van der Waals surface area contributed by atoms with E-state index in [4.69, 9.17) is 39.3 Å². The van der Waals surface area contributed by atoms with E-state index in [2.05, 4.69) is 0 Å². The van der Waals surface area contributed by atoms with Gasteiger partial charge < -0.3 is 15.9 Å². The number of nitriles is 1. The summed E-state index contributed by atoms with van der Waals surface area (Å²) in [6.45, 7) is 0. The van der Waals surface area contributed by atoms with Gasteiger partial charge in [-0.25, -0.2) is 0 Å². The number of nitrogens with zero attached hydrogens (tertiary/aromatic N) is 1. The monoisotopic (exact) mass is 246 g/mol. The van der Waals surface area contributed by atoms with E-state index in [1.807, 2.05) is 0 Å². The summed E-state index contributed by atoms with van der Waals surface area (Å²) < 4.78 is 0. The van der Waals surface area contributed by atoms with Crippen LogP contribution in [-0.4, -0.2) is 16.3 Å². The molecule has 0 aliphatic rings. The highest BCUT2D eigenvalue weighted by molar-refractivity contribution is 6.38. The molecule has 1 aromatic rings. The second kappa shape index (κ2) is 4.69. The molecule has 80 valence electrons. The van der Waals surface area contributed by atoms with Crippen molar-refractivity contribution in [3.63, 3.8) is 0 Å². The van der Waals surface area contributed by atoms with Gasteiger partial charge in [0.1, 0.15) is 6.10 Å². The van der Waals surface area contributed by atoms with Gasteiger partial charge in [-0.3, -0.25) is 0 Å². The first-order valence-corrected chi connectivity index (χ1v) is 4.73. The van der Waals surface area contributed by atoms with Crippen molar-refractivity contribution in [1.29, 1.82) is 5.26 Å². The zero-order valence-corrected chi connectivity index (χ0v) is 9.00. The van der Waals surface area contributed by atoms with Gasteiger partial charge in [0, 0.05) is 0 Å².